The van der Waals surface area contributed by atoms with E-state index in [2.05, 4.69) is 5.32 Å². The van der Waals surface area contributed by atoms with Crippen molar-refractivity contribution in [2.75, 3.05) is 5.32 Å². The van der Waals surface area contributed by atoms with Gasteiger partial charge in [0.15, 0.2) is 0 Å². The molecule has 0 aliphatic heterocycles. The fraction of sp³-hybridized carbons (Fsp3) is 0.500. The van der Waals surface area contributed by atoms with Crippen molar-refractivity contribution in [2.24, 2.45) is 0 Å². The second kappa shape index (κ2) is 5.87. The van der Waals surface area contributed by atoms with E-state index in [4.69, 9.17) is 4.74 Å². The average Bonchev–Trinajstić information content (AvgIpc) is 2.82. The molecule has 0 saturated heterocycles. The van der Waals surface area contributed by atoms with Crippen molar-refractivity contribution in [3.63, 3.8) is 0 Å². The van der Waals surface area contributed by atoms with Crippen LogP contribution in [0.5, 0.6) is 0 Å². The maximum atomic E-state index is 11.7. The quantitative estimate of drug-likeness (QED) is 0.864. The summed E-state index contributed by atoms with van der Waals surface area (Å²) < 4.78 is 5.30. The lowest BCUT2D eigenvalue weighted by Crippen LogP contribution is -2.20. The SMILES string of the molecule is CC(O)c1cccc(NC(=O)OC2CCCC2)c1. The van der Waals surface area contributed by atoms with Crippen LogP contribution < -0.4 is 5.32 Å². The van der Waals surface area contributed by atoms with E-state index in [1.165, 1.54) is 0 Å². The van der Waals surface area contributed by atoms with E-state index in [0.717, 1.165) is 31.2 Å². The summed E-state index contributed by atoms with van der Waals surface area (Å²) >= 11 is 0. The molecule has 0 heterocycles. The normalized spacial score (nSPS) is 17.4. The predicted molar refractivity (Wildman–Crippen MR) is 69.4 cm³/mol. The third-order valence-electron chi connectivity index (χ3n) is 3.19. The van der Waals surface area contributed by atoms with Crippen LogP contribution in [0.3, 0.4) is 0 Å². The molecule has 0 spiro atoms. The zero-order valence-corrected chi connectivity index (χ0v) is 10.6. The highest BCUT2D eigenvalue weighted by molar-refractivity contribution is 5.84. The maximum absolute atomic E-state index is 11.7. The minimum Gasteiger partial charge on any atom is -0.446 e. The second-order valence-electron chi connectivity index (χ2n) is 4.74. The number of ether oxygens (including phenoxy) is 1. The molecule has 4 heteroatoms. The van der Waals surface area contributed by atoms with Crippen LogP contribution in [0.25, 0.3) is 0 Å². The smallest absolute Gasteiger partial charge is 0.411 e. The van der Waals surface area contributed by atoms with Gasteiger partial charge in [-0.25, -0.2) is 4.79 Å². The molecule has 2 N–H and O–H groups in total. The first-order valence-electron chi connectivity index (χ1n) is 6.41. The molecular formula is C14H19NO3. The van der Waals surface area contributed by atoms with E-state index in [0.29, 0.717) is 5.69 Å². The average molecular weight is 249 g/mol. The number of nitrogens with one attached hydrogen (secondary N) is 1. The summed E-state index contributed by atoms with van der Waals surface area (Å²) in [6, 6.07) is 7.15. The Morgan fingerprint density at radius 2 is 2.17 bits per heavy atom. The molecule has 1 aromatic rings. The molecule has 1 saturated carbocycles. The fourth-order valence-electron chi connectivity index (χ4n) is 2.18. The molecule has 1 unspecified atom stereocenters. The van der Waals surface area contributed by atoms with Gasteiger partial charge in [-0.15, -0.1) is 0 Å². The molecule has 18 heavy (non-hydrogen) atoms. The highest BCUT2D eigenvalue weighted by Gasteiger charge is 2.19. The van der Waals surface area contributed by atoms with Gasteiger partial charge in [0, 0.05) is 5.69 Å². The number of anilines is 1. The van der Waals surface area contributed by atoms with E-state index < -0.39 is 12.2 Å². The Labute approximate surface area is 107 Å². The molecule has 1 aromatic carbocycles. The van der Waals surface area contributed by atoms with E-state index in [1.807, 2.05) is 6.07 Å². The standard InChI is InChI=1S/C14H19NO3/c1-10(16)11-5-4-6-12(9-11)15-14(17)18-13-7-2-3-8-13/h4-6,9-10,13,16H,2-3,7-8H2,1H3,(H,15,17). The van der Waals surface area contributed by atoms with Gasteiger partial charge in [-0.05, 0) is 50.3 Å². The van der Waals surface area contributed by atoms with Crippen molar-refractivity contribution >= 4 is 11.8 Å². The molecule has 4 nitrogen and oxygen atoms in total. The lowest BCUT2D eigenvalue weighted by Gasteiger charge is -2.13. The lowest BCUT2D eigenvalue weighted by molar-refractivity contribution is 0.114. The topological polar surface area (TPSA) is 58.6 Å². The zero-order chi connectivity index (χ0) is 13.0. The van der Waals surface area contributed by atoms with Gasteiger partial charge in [0.25, 0.3) is 0 Å². The monoisotopic (exact) mass is 249 g/mol. The van der Waals surface area contributed by atoms with Gasteiger partial charge in [0.2, 0.25) is 0 Å². The van der Waals surface area contributed by atoms with Crippen LogP contribution in [-0.4, -0.2) is 17.3 Å². The predicted octanol–water partition coefficient (Wildman–Crippen LogP) is 3.23. The van der Waals surface area contributed by atoms with Crippen LogP contribution >= 0.6 is 0 Å². The largest absolute Gasteiger partial charge is 0.446 e. The minimum atomic E-state index is -0.544. The fourth-order valence-corrected chi connectivity index (χ4v) is 2.18. The number of aliphatic hydroxyl groups excluding tert-OH is 1. The second-order valence-corrected chi connectivity index (χ2v) is 4.74. The Morgan fingerprint density at radius 1 is 1.44 bits per heavy atom. The van der Waals surface area contributed by atoms with Crippen LogP contribution in [0.4, 0.5) is 10.5 Å². The summed E-state index contributed by atoms with van der Waals surface area (Å²) in [6.45, 7) is 1.69. The molecule has 1 aliphatic carbocycles. The molecule has 0 radical (unpaired) electrons. The van der Waals surface area contributed by atoms with Gasteiger partial charge in [-0.3, -0.25) is 5.32 Å². The van der Waals surface area contributed by atoms with Gasteiger partial charge >= 0.3 is 6.09 Å². The molecule has 98 valence electrons. The zero-order valence-electron chi connectivity index (χ0n) is 10.6. The number of rotatable bonds is 3. The van der Waals surface area contributed by atoms with Crippen molar-refractivity contribution in [3.8, 4) is 0 Å². The molecule has 1 fully saturated rings. The van der Waals surface area contributed by atoms with Crippen molar-refractivity contribution < 1.29 is 14.6 Å². The van der Waals surface area contributed by atoms with Crippen LogP contribution in [0.1, 0.15) is 44.3 Å². The van der Waals surface area contributed by atoms with Gasteiger partial charge in [-0.2, -0.15) is 0 Å². The Kier molecular flexibility index (Phi) is 4.20. The van der Waals surface area contributed by atoms with Crippen molar-refractivity contribution in [2.45, 2.75) is 44.8 Å². The molecule has 0 bridgehead atoms. The minimum absolute atomic E-state index is 0.0601. The lowest BCUT2D eigenvalue weighted by atomic mass is 10.1. The number of benzene rings is 1. The van der Waals surface area contributed by atoms with Crippen LogP contribution in [0.2, 0.25) is 0 Å². The number of carbonyl (C=O) groups excluding carboxylic acids is 1. The van der Waals surface area contributed by atoms with Gasteiger partial charge < -0.3 is 9.84 Å². The summed E-state index contributed by atoms with van der Waals surface area (Å²) in [5.74, 6) is 0. The number of hydrogen-bond donors (Lipinski definition) is 2. The Balaban J connectivity index is 1.91. The molecule has 2 rings (SSSR count). The number of hydrogen-bond acceptors (Lipinski definition) is 3. The molecule has 0 aromatic heterocycles. The van der Waals surface area contributed by atoms with Crippen LogP contribution in [0.15, 0.2) is 24.3 Å². The first-order chi connectivity index (χ1) is 8.65. The van der Waals surface area contributed by atoms with E-state index in [9.17, 15) is 9.90 Å². The Morgan fingerprint density at radius 3 is 2.83 bits per heavy atom. The number of carbonyl (C=O) groups is 1. The molecular weight excluding hydrogens is 230 g/mol. The third-order valence-corrected chi connectivity index (χ3v) is 3.19. The van der Waals surface area contributed by atoms with Gasteiger partial charge in [0.1, 0.15) is 6.10 Å². The van der Waals surface area contributed by atoms with E-state index in [1.54, 1.807) is 25.1 Å². The van der Waals surface area contributed by atoms with Crippen molar-refractivity contribution in [3.05, 3.63) is 29.8 Å². The maximum Gasteiger partial charge on any atom is 0.411 e. The summed E-state index contributed by atoms with van der Waals surface area (Å²) in [4.78, 5) is 11.7. The van der Waals surface area contributed by atoms with Crippen LogP contribution in [0, 0.1) is 0 Å². The third kappa shape index (κ3) is 3.47. The number of amides is 1. The highest BCUT2D eigenvalue weighted by Crippen LogP contribution is 2.22. The van der Waals surface area contributed by atoms with E-state index >= 15 is 0 Å². The summed E-state index contributed by atoms with van der Waals surface area (Å²) in [7, 11) is 0. The first-order valence-corrected chi connectivity index (χ1v) is 6.41. The van der Waals surface area contributed by atoms with Gasteiger partial charge in [-0.1, -0.05) is 12.1 Å². The molecule has 1 amide bonds. The van der Waals surface area contributed by atoms with Gasteiger partial charge in [0.05, 0.1) is 6.10 Å². The van der Waals surface area contributed by atoms with Crippen LogP contribution in [-0.2, 0) is 4.74 Å². The summed E-state index contributed by atoms with van der Waals surface area (Å²) in [6.07, 6.45) is 3.29. The molecule has 1 aliphatic rings. The first kappa shape index (κ1) is 12.9. The highest BCUT2D eigenvalue weighted by atomic mass is 16.6. The summed E-state index contributed by atoms with van der Waals surface area (Å²) in [5, 5.41) is 12.2. The summed E-state index contributed by atoms with van der Waals surface area (Å²) in [5.41, 5.74) is 1.42. The number of aliphatic hydroxyl groups is 1. The molecule has 1 atom stereocenters. The van der Waals surface area contributed by atoms with Crippen molar-refractivity contribution in [1.29, 1.82) is 0 Å². The van der Waals surface area contributed by atoms with E-state index in [-0.39, 0.29) is 6.10 Å². The Bertz CT molecular complexity index is 411. The Hall–Kier alpha value is -1.55. The van der Waals surface area contributed by atoms with Crippen molar-refractivity contribution in [1.82, 2.24) is 0 Å².